The van der Waals surface area contributed by atoms with Crippen LogP contribution in [0.25, 0.3) is 11.3 Å². The van der Waals surface area contributed by atoms with Crippen LogP contribution in [0.3, 0.4) is 0 Å². The zero-order chi connectivity index (χ0) is 18.4. The Hall–Kier alpha value is -3.04. The molecule has 0 fully saturated rings. The first-order valence-electron chi connectivity index (χ1n) is 8.13. The molecule has 0 radical (unpaired) electrons. The van der Waals surface area contributed by atoms with Crippen molar-refractivity contribution in [1.82, 2.24) is 9.55 Å². The van der Waals surface area contributed by atoms with Gasteiger partial charge in [0.25, 0.3) is 0 Å². The minimum Gasteiger partial charge on any atom is -0.322 e. The van der Waals surface area contributed by atoms with Crippen molar-refractivity contribution >= 4 is 23.4 Å². The van der Waals surface area contributed by atoms with Gasteiger partial charge in [0.15, 0.2) is 5.16 Å². The first-order valence-corrected chi connectivity index (χ1v) is 9.11. The van der Waals surface area contributed by atoms with E-state index in [4.69, 9.17) is 5.26 Å². The molecule has 6 heteroatoms. The topological polar surface area (TPSA) is 61.9 Å². The number of benzene rings is 2. The van der Waals surface area contributed by atoms with E-state index < -0.39 is 0 Å². The quantitative estimate of drug-likeness (QED) is 0.495. The number of hydrogen-bond acceptors (Lipinski definition) is 4. The number of hydrogen-bond donors (Lipinski definition) is 0. The van der Waals surface area contributed by atoms with Gasteiger partial charge < -0.3 is 4.57 Å². The van der Waals surface area contributed by atoms with E-state index in [9.17, 15) is 4.79 Å². The van der Waals surface area contributed by atoms with E-state index in [-0.39, 0.29) is 18.2 Å². The molecule has 3 aromatic rings. The van der Waals surface area contributed by atoms with Gasteiger partial charge in [-0.2, -0.15) is 5.26 Å². The van der Waals surface area contributed by atoms with Crippen molar-refractivity contribution in [3.05, 3.63) is 66.9 Å². The van der Waals surface area contributed by atoms with Crippen molar-refractivity contribution in [1.29, 1.82) is 5.26 Å². The third kappa shape index (κ3) is 3.95. The van der Waals surface area contributed by atoms with Gasteiger partial charge in [-0.3, -0.25) is 9.69 Å². The van der Waals surface area contributed by atoms with Gasteiger partial charge in [0.1, 0.15) is 6.54 Å². The summed E-state index contributed by atoms with van der Waals surface area (Å²) in [5.74, 6) is 0.0994. The van der Waals surface area contributed by atoms with Crippen LogP contribution in [-0.4, -0.2) is 27.8 Å². The van der Waals surface area contributed by atoms with Crippen molar-refractivity contribution in [2.75, 3.05) is 17.2 Å². The van der Waals surface area contributed by atoms with Crippen molar-refractivity contribution in [3.63, 3.8) is 0 Å². The summed E-state index contributed by atoms with van der Waals surface area (Å²) in [6, 6.07) is 21.3. The molecule has 0 saturated carbocycles. The molecule has 2 aromatic carbocycles. The minimum atomic E-state index is -0.119. The van der Waals surface area contributed by atoms with Crippen LogP contribution in [0.15, 0.2) is 72.0 Å². The predicted octanol–water partition coefficient (Wildman–Crippen LogP) is 3.74. The average Bonchev–Trinajstić information content (AvgIpc) is 3.06. The summed E-state index contributed by atoms with van der Waals surface area (Å²) >= 11 is 1.37. The van der Waals surface area contributed by atoms with Crippen LogP contribution in [0.1, 0.15) is 0 Å². The van der Waals surface area contributed by atoms with Gasteiger partial charge in [-0.25, -0.2) is 4.98 Å². The highest BCUT2D eigenvalue weighted by atomic mass is 32.2. The molecule has 1 amide bonds. The Morgan fingerprint density at radius 1 is 1.15 bits per heavy atom. The lowest BCUT2D eigenvalue weighted by Crippen LogP contribution is -2.32. The summed E-state index contributed by atoms with van der Waals surface area (Å²) in [7, 11) is 1.94. The fourth-order valence-corrected chi connectivity index (χ4v) is 3.44. The van der Waals surface area contributed by atoms with Crippen molar-refractivity contribution < 1.29 is 4.79 Å². The van der Waals surface area contributed by atoms with Crippen molar-refractivity contribution in [2.24, 2.45) is 7.05 Å². The van der Waals surface area contributed by atoms with Crippen LogP contribution in [0.2, 0.25) is 0 Å². The van der Waals surface area contributed by atoms with E-state index in [0.717, 1.165) is 22.1 Å². The van der Waals surface area contributed by atoms with Gasteiger partial charge in [-0.15, -0.1) is 0 Å². The molecule has 0 aliphatic rings. The molecular formula is C20H18N4OS. The van der Waals surface area contributed by atoms with Gasteiger partial charge in [-0.05, 0) is 17.7 Å². The van der Waals surface area contributed by atoms with Crippen molar-refractivity contribution in [3.8, 4) is 17.3 Å². The summed E-state index contributed by atoms with van der Waals surface area (Å²) in [6.07, 6.45) is 1.81. The fraction of sp³-hybridized carbons (Fsp3) is 0.150. The molecule has 0 atom stereocenters. The Balaban J connectivity index is 1.71. The third-order valence-electron chi connectivity index (χ3n) is 3.94. The lowest BCUT2D eigenvalue weighted by atomic mass is 10.2. The maximum atomic E-state index is 12.6. The number of nitrogens with zero attached hydrogens (tertiary/aromatic N) is 4. The third-order valence-corrected chi connectivity index (χ3v) is 4.97. The molecule has 26 heavy (non-hydrogen) atoms. The molecule has 0 unspecified atom stereocenters. The molecule has 5 nitrogen and oxygen atoms in total. The number of amides is 1. The Labute approximate surface area is 156 Å². The molecule has 1 heterocycles. The lowest BCUT2D eigenvalue weighted by Gasteiger charge is -2.19. The number of anilines is 1. The molecule has 3 rings (SSSR count). The summed E-state index contributed by atoms with van der Waals surface area (Å²) < 4.78 is 1.98. The standard InChI is InChI=1S/C20H18N4OS/c1-23-18(16-8-4-2-5-9-16)14-22-20(23)26-15-19(25)24(13-12-21)17-10-6-3-7-11-17/h2-11,14H,13,15H2,1H3. The van der Waals surface area contributed by atoms with Gasteiger partial charge in [0, 0.05) is 12.7 Å². The van der Waals surface area contributed by atoms with Crippen LogP contribution >= 0.6 is 11.8 Å². The smallest absolute Gasteiger partial charge is 0.238 e. The number of para-hydroxylation sites is 1. The molecular weight excluding hydrogens is 344 g/mol. The maximum absolute atomic E-state index is 12.6. The number of thioether (sulfide) groups is 1. The molecule has 0 spiro atoms. The minimum absolute atomic E-state index is 0.0270. The lowest BCUT2D eigenvalue weighted by molar-refractivity contribution is -0.116. The molecule has 0 aliphatic heterocycles. The second-order valence-corrected chi connectivity index (χ2v) is 6.56. The molecule has 0 bridgehead atoms. The Morgan fingerprint density at radius 2 is 1.81 bits per heavy atom. The zero-order valence-corrected chi connectivity index (χ0v) is 15.2. The largest absolute Gasteiger partial charge is 0.322 e. The summed E-state index contributed by atoms with van der Waals surface area (Å²) in [6.45, 7) is 0.0270. The van der Waals surface area contributed by atoms with E-state index in [1.54, 1.807) is 0 Å². The number of nitriles is 1. The van der Waals surface area contributed by atoms with E-state index in [0.29, 0.717) is 0 Å². The highest BCUT2D eigenvalue weighted by Gasteiger charge is 2.17. The van der Waals surface area contributed by atoms with Gasteiger partial charge >= 0.3 is 0 Å². The molecule has 0 N–H and O–H groups in total. The second-order valence-electron chi connectivity index (χ2n) is 5.61. The molecule has 130 valence electrons. The molecule has 0 saturated heterocycles. The number of carbonyl (C=O) groups excluding carboxylic acids is 1. The normalized spacial score (nSPS) is 10.3. The van der Waals surface area contributed by atoms with Crippen LogP contribution in [0.5, 0.6) is 0 Å². The second kappa shape index (κ2) is 8.37. The number of carbonyl (C=O) groups is 1. The monoisotopic (exact) mass is 362 g/mol. The van der Waals surface area contributed by atoms with Crippen LogP contribution in [0, 0.1) is 11.3 Å². The zero-order valence-electron chi connectivity index (χ0n) is 14.4. The van der Waals surface area contributed by atoms with Crippen LogP contribution < -0.4 is 4.90 Å². The number of rotatable bonds is 6. The molecule has 0 aliphatic carbocycles. The maximum Gasteiger partial charge on any atom is 0.238 e. The Morgan fingerprint density at radius 3 is 2.46 bits per heavy atom. The van der Waals surface area contributed by atoms with E-state index in [2.05, 4.69) is 11.1 Å². The number of aromatic nitrogens is 2. The van der Waals surface area contributed by atoms with E-state index in [1.807, 2.05) is 78.5 Å². The predicted molar refractivity (Wildman–Crippen MR) is 104 cm³/mol. The Kier molecular flexibility index (Phi) is 5.72. The fourth-order valence-electron chi connectivity index (χ4n) is 2.61. The van der Waals surface area contributed by atoms with Gasteiger partial charge in [0.2, 0.25) is 5.91 Å². The average molecular weight is 362 g/mol. The summed E-state index contributed by atoms with van der Waals surface area (Å²) in [5, 5.41) is 9.80. The summed E-state index contributed by atoms with van der Waals surface area (Å²) in [5.41, 5.74) is 2.80. The molecule has 1 aromatic heterocycles. The van der Waals surface area contributed by atoms with E-state index in [1.165, 1.54) is 16.7 Å². The highest BCUT2D eigenvalue weighted by molar-refractivity contribution is 7.99. The van der Waals surface area contributed by atoms with E-state index >= 15 is 0 Å². The summed E-state index contributed by atoms with van der Waals surface area (Å²) in [4.78, 5) is 18.5. The van der Waals surface area contributed by atoms with Crippen LogP contribution in [-0.2, 0) is 11.8 Å². The van der Waals surface area contributed by atoms with Gasteiger partial charge in [0.05, 0.1) is 23.7 Å². The van der Waals surface area contributed by atoms with Crippen molar-refractivity contribution in [2.45, 2.75) is 5.16 Å². The number of imidazole rings is 1. The highest BCUT2D eigenvalue weighted by Crippen LogP contribution is 2.25. The Bertz CT molecular complexity index is 916. The first kappa shape index (κ1) is 17.8. The SMILES string of the molecule is Cn1c(-c2ccccc2)cnc1SCC(=O)N(CC#N)c1ccccc1. The van der Waals surface area contributed by atoms with Crippen LogP contribution in [0.4, 0.5) is 5.69 Å². The first-order chi connectivity index (χ1) is 12.7. The van der Waals surface area contributed by atoms with Gasteiger partial charge in [-0.1, -0.05) is 60.3 Å².